The molecule has 0 aliphatic carbocycles. The van der Waals surface area contributed by atoms with Crippen LogP contribution in [0.1, 0.15) is 0 Å². The number of nitrogens with zero attached hydrogens (tertiary/aromatic N) is 2. The lowest BCUT2D eigenvalue weighted by atomic mass is 9.94. The molecule has 0 aliphatic heterocycles. The quantitative estimate of drug-likeness (QED) is 0.167. The van der Waals surface area contributed by atoms with Crippen molar-refractivity contribution in [2.75, 3.05) is 0 Å². The molecule has 0 fully saturated rings. The van der Waals surface area contributed by atoms with Gasteiger partial charge in [-0.15, -0.1) is 0 Å². The molecular weight excluding hydrogens is 857 g/mol. The normalized spacial score (nSPS) is 12.0. The van der Waals surface area contributed by atoms with E-state index in [1.54, 1.807) is 0 Å². The first-order valence-corrected chi connectivity index (χ1v) is 23.7. The summed E-state index contributed by atoms with van der Waals surface area (Å²) in [6.07, 6.45) is 0. The number of aromatic nitrogens is 2. The molecule has 5 heterocycles. The average molecular weight is 895 g/mol. The Kier molecular flexibility index (Phi) is 8.29. The van der Waals surface area contributed by atoms with Crippen molar-refractivity contribution < 1.29 is 13.3 Å². The minimum absolute atomic E-state index is 0.827. The van der Waals surface area contributed by atoms with Crippen molar-refractivity contribution in [2.24, 2.45) is 0 Å². The molecule has 0 atom stereocenters. The van der Waals surface area contributed by atoms with Crippen molar-refractivity contribution >= 4 is 87.6 Å². The fourth-order valence-corrected chi connectivity index (χ4v) is 11.0. The van der Waals surface area contributed by atoms with Gasteiger partial charge in [0.2, 0.25) is 0 Å². The van der Waals surface area contributed by atoms with Gasteiger partial charge in [0.25, 0.3) is 0 Å². The fourth-order valence-electron chi connectivity index (χ4n) is 11.0. The molecular formula is C65H38N2O3. The molecule has 0 aliphatic rings. The zero-order valence-corrected chi connectivity index (χ0v) is 37.6. The van der Waals surface area contributed by atoms with Crippen LogP contribution in [0.5, 0.6) is 0 Å². The molecule has 0 spiro atoms. The van der Waals surface area contributed by atoms with Crippen LogP contribution < -0.4 is 0 Å². The Morgan fingerprint density at radius 3 is 1.70 bits per heavy atom. The molecule has 0 N–H and O–H groups in total. The lowest BCUT2D eigenvalue weighted by Crippen LogP contribution is -1.92. The van der Waals surface area contributed by atoms with E-state index in [-0.39, 0.29) is 0 Å². The smallest absolute Gasteiger partial charge is 0.143 e. The summed E-state index contributed by atoms with van der Waals surface area (Å²) in [5.74, 6) is 0. The van der Waals surface area contributed by atoms with Gasteiger partial charge in [-0.2, -0.15) is 0 Å². The summed E-state index contributed by atoms with van der Waals surface area (Å²) in [5.41, 5.74) is 18.8. The molecule has 10 aromatic carbocycles. The maximum Gasteiger partial charge on any atom is 0.143 e. The van der Waals surface area contributed by atoms with Crippen LogP contribution in [-0.4, -0.2) is 9.55 Å². The van der Waals surface area contributed by atoms with Crippen molar-refractivity contribution in [3.8, 4) is 61.6 Å². The SMILES string of the molecule is c1ccc(-c2cc(-c3cccc4oc5ccc(-c6cccc7oc8c(-c9ccc%10c(c9)c9ccccc9n%10-c9ccccc9)cccc8c67)cc5c34)cc(-c3ccc4c(c3)oc3ccccc34)n2)cc1. The third kappa shape index (κ3) is 5.88. The van der Waals surface area contributed by atoms with Crippen LogP contribution in [0, 0.1) is 0 Å². The van der Waals surface area contributed by atoms with Gasteiger partial charge in [0.05, 0.1) is 22.4 Å². The molecule has 70 heavy (non-hydrogen) atoms. The van der Waals surface area contributed by atoms with Crippen LogP contribution in [-0.2, 0) is 0 Å². The summed E-state index contributed by atoms with van der Waals surface area (Å²) >= 11 is 0. The van der Waals surface area contributed by atoms with Gasteiger partial charge in [0.15, 0.2) is 0 Å². The molecule has 0 unspecified atom stereocenters. The predicted octanol–water partition coefficient (Wildman–Crippen LogP) is 18.2. The van der Waals surface area contributed by atoms with E-state index in [1.807, 2.05) is 18.2 Å². The van der Waals surface area contributed by atoms with Crippen molar-refractivity contribution in [3.05, 3.63) is 231 Å². The number of rotatable bonds is 6. The molecule has 0 radical (unpaired) electrons. The Bertz CT molecular complexity index is 4590. The van der Waals surface area contributed by atoms with E-state index in [9.17, 15) is 0 Å². The number of furan rings is 3. The standard InChI is InChI=1S/C65H38N2O3/c1-3-14-39(15-4-1)54-36-43(37-55(66-54)42-28-31-50-49-19-8-10-25-58(49)69-62(50)38-42)46-21-13-26-60-64(46)53-35-40(30-33-59(53)68-60)45-20-12-27-61-63(45)51-23-11-22-47(65(51)70-61)41-29-32-57-52(34-41)48-18-7-9-24-56(48)67(57)44-16-5-2-6-17-44/h1-38H. The highest BCUT2D eigenvalue weighted by Crippen LogP contribution is 2.45. The molecule has 0 amide bonds. The first-order valence-electron chi connectivity index (χ1n) is 23.7. The number of pyridine rings is 1. The number of hydrogen-bond donors (Lipinski definition) is 0. The Balaban J connectivity index is 0.879. The summed E-state index contributed by atoms with van der Waals surface area (Å²) in [6, 6.07) is 81.3. The highest BCUT2D eigenvalue weighted by Gasteiger charge is 2.21. The van der Waals surface area contributed by atoms with Gasteiger partial charge >= 0.3 is 0 Å². The zero-order chi connectivity index (χ0) is 45.9. The van der Waals surface area contributed by atoms with Gasteiger partial charge in [-0.05, 0) is 113 Å². The van der Waals surface area contributed by atoms with E-state index in [0.29, 0.717) is 0 Å². The summed E-state index contributed by atoms with van der Waals surface area (Å²) in [6.45, 7) is 0. The first kappa shape index (κ1) is 38.6. The molecule has 326 valence electrons. The van der Waals surface area contributed by atoms with Crippen LogP contribution in [0.25, 0.3) is 149 Å². The second kappa shape index (κ2) is 15.0. The molecule has 5 heteroatoms. The summed E-state index contributed by atoms with van der Waals surface area (Å²) in [5, 5.41) is 8.87. The molecule has 0 bridgehead atoms. The molecule has 0 saturated carbocycles. The maximum atomic E-state index is 6.89. The van der Waals surface area contributed by atoms with Gasteiger partial charge in [-0.1, -0.05) is 146 Å². The second-order valence-electron chi connectivity index (χ2n) is 18.2. The van der Waals surface area contributed by atoms with Crippen LogP contribution in [0.15, 0.2) is 244 Å². The lowest BCUT2D eigenvalue weighted by molar-refractivity contribution is 0.668. The minimum Gasteiger partial charge on any atom is -0.456 e. The Labute approximate surface area is 400 Å². The van der Waals surface area contributed by atoms with Crippen molar-refractivity contribution in [3.63, 3.8) is 0 Å². The summed E-state index contributed by atoms with van der Waals surface area (Å²) < 4.78 is 22.3. The Hall–Kier alpha value is -9.45. The van der Waals surface area contributed by atoms with E-state index < -0.39 is 0 Å². The second-order valence-corrected chi connectivity index (χ2v) is 18.2. The van der Waals surface area contributed by atoms with E-state index in [2.05, 4.69) is 217 Å². The highest BCUT2D eigenvalue weighted by molar-refractivity contribution is 6.19. The van der Waals surface area contributed by atoms with Gasteiger partial charge in [-0.3, -0.25) is 0 Å². The molecule has 5 aromatic heterocycles. The maximum absolute atomic E-state index is 6.89. The van der Waals surface area contributed by atoms with Crippen LogP contribution in [0.2, 0.25) is 0 Å². The highest BCUT2D eigenvalue weighted by atomic mass is 16.3. The molecule has 0 saturated heterocycles. The van der Waals surface area contributed by atoms with E-state index in [1.165, 1.54) is 21.8 Å². The van der Waals surface area contributed by atoms with E-state index in [4.69, 9.17) is 18.2 Å². The van der Waals surface area contributed by atoms with Gasteiger partial charge in [0, 0.05) is 65.5 Å². The third-order valence-electron chi connectivity index (χ3n) is 14.2. The lowest BCUT2D eigenvalue weighted by Gasteiger charge is -2.11. The van der Waals surface area contributed by atoms with Crippen LogP contribution in [0.4, 0.5) is 0 Å². The first-order chi connectivity index (χ1) is 34.7. The number of para-hydroxylation sites is 4. The molecule has 5 nitrogen and oxygen atoms in total. The molecule has 15 rings (SSSR count). The van der Waals surface area contributed by atoms with Crippen molar-refractivity contribution in [1.29, 1.82) is 0 Å². The third-order valence-corrected chi connectivity index (χ3v) is 14.2. The van der Waals surface area contributed by atoms with Gasteiger partial charge in [-0.25, -0.2) is 4.98 Å². The fraction of sp³-hybridized carbons (Fsp3) is 0. The number of fused-ring (bicyclic) bond motifs is 12. The monoisotopic (exact) mass is 894 g/mol. The van der Waals surface area contributed by atoms with Crippen LogP contribution >= 0.6 is 0 Å². The topological polar surface area (TPSA) is 57.2 Å². The van der Waals surface area contributed by atoms with E-state index >= 15 is 0 Å². The van der Waals surface area contributed by atoms with Crippen molar-refractivity contribution in [2.45, 2.75) is 0 Å². The number of hydrogen-bond acceptors (Lipinski definition) is 4. The van der Waals surface area contributed by atoms with Crippen molar-refractivity contribution in [1.82, 2.24) is 9.55 Å². The summed E-state index contributed by atoms with van der Waals surface area (Å²) in [4.78, 5) is 5.28. The summed E-state index contributed by atoms with van der Waals surface area (Å²) in [7, 11) is 0. The van der Waals surface area contributed by atoms with E-state index in [0.717, 1.165) is 127 Å². The largest absolute Gasteiger partial charge is 0.456 e. The minimum atomic E-state index is 0.827. The predicted molar refractivity (Wildman–Crippen MR) is 288 cm³/mol. The zero-order valence-electron chi connectivity index (χ0n) is 37.6. The number of benzene rings is 10. The van der Waals surface area contributed by atoms with Gasteiger partial charge < -0.3 is 17.8 Å². The van der Waals surface area contributed by atoms with Gasteiger partial charge in [0.1, 0.15) is 33.5 Å². The Morgan fingerprint density at radius 2 is 0.843 bits per heavy atom. The molecule has 15 aromatic rings. The average Bonchev–Trinajstić information content (AvgIpc) is 4.19. The Morgan fingerprint density at radius 1 is 0.286 bits per heavy atom. The van der Waals surface area contributed by atoms with Crippen LogP contribution in [0.3, 0.4) is 0 Å².